The molecule has 0 saturated carbocycles. The number of nitrogens with zero attached hydrogens (tertiary/aromatic N) is 3. The molecule has 4 aromatic rings. The maximum absolute atomic E-state index is 12.8. The highest BCUT2D eigenvalue weighted by Gasteiger charge is 2.17. The van der Waals surface area contributed by atoms with Crippen LogP contribution >= 0.6 is 11.6 Å². The largest absolute Gasteiger partial charge is 0.439 e. The average Bonchev–Trinajstić information content (AvgIpc) is 3.18. The second kappa shape index (κ2) is 7.28. The Bertz CT molecular complexity index is 1230. The van der Waals surface area contributed by atoms with Crippen LogP contribution in [0.2, 0.25) is 5.02 Å². The van der Waals surface area contributed by atoms with Crippen LogP contribution in [-0.2, 0) is 6.54 Å². The minimum Gasteiger partial charge on any atom is -0.439 e. The topological polar surface area (TPSA) is 90.0 Å². The van der Waals surface area contributed by atoms with Crippen LogP contribution in [0.25, 0.3) is 22.1 Å². The van der Waals surface area contributed by atoms with E-state index in [2.05, 4.69) is 15.4 Å². The van der Waals surface area contributed by atoms with Crippen molar-refractivity contribution >= 4 is 28.3 Å². The molecular weight excluding hydrogens is 380 g/mol. The molecule has 140 valence electrons. The van der Waals surface area contributed by atoms with E-state index in [1.165, 1.54) is 11.7 Å². The lowest BCUT2D eigenvalue weighted by atomic mass is 10.1. The summed E-state index contributed by atoms with van der Waals surface area (Å²) in [5.41, 5.74) is 0.657. The molecule has 0 saturated heterocycles. The molecule has 0 unspecified atom stereocenters. The quantitative estimate of drug-likeness (QED) is 0.574. The minimum absolute atomic E-state index is 0.00124. The molecule has 0 aliphatic rings. The van der Waals surface area contributed by atoms with Gasteiger partial charge in [-0.2, -0.15) is 5.10 Å². The van der Waals surface area contributed by atoms with Gasteiger partial charge in [0.1, 0.15) is 6.54 Å². The summed E-state index contributed by atoms with van der Waals surface area (Å²) in [5, 5.41) is 8.31. The zero-order valence-corrected chi connectivity index (χ0v) is 15.6. The zero-order chi connectivity index (χ0) is 19.7. The smallest absolute Gasteiger partial charge is 0.275 e. The van der Waals surface area contributed by atoms with E-state index in [4.69, 9.17) is 16.0 Å². The fourth-order valence-corrected chi connectivity index (χ4v) is 3.01. The summed E-state index contributed by atoms with van der Waals surface area (Å²) < 4.78 is 6.94. The molecule has 0 aliphatic carbocycles. The molecule has 4 rings (SSSR count). The van der Waals surface area contributed by atoms with Crippen molar-refractivity contribution in [3.05, 3.63) is 81.7 Å². The SMILES string of the molecule is CNC(=O)c1nn(Cc2ncc(-c3ccc(Cl)cc3)o2)c(=O)c2ccccc12. The molecular formula is C20H15ClN4O3. The van der Waals surface area contributed by atoms with Crippen LogP contribution in [0.3, 0.4) is 0 Å². The number of hydrogen-bond acceptors (Lipinski definition) is 5. The Morgan fingerprint density at radius 1 is 1.14 bits per heavy atom. The third-order valence-electron chi connectivity index (χ3n) is 4.28. The number of halogens is 1. The van der Waals surface area contributed by atoms with E-state index >= 15 is 0 Å². The molecule has 0 radical (unpaired) electrons. The van der Waals surface area contributed by atoms with Crippen LogP contribution in [0.15, 0.2) is 63.9 Å². The van der Waals surface area contributed by atoms with Crippen molar-refractivity contribution in [1.29, 1.82) is 0 Å². The van der Waals surface area contributed by atoms with Crippen LogP contribution in [0.4, 0.5) is 0 Å². The Labute approximate surface area is 164 Å². The van der Waals surface area contributed by atoms with Crippen LogP contribution in [0, 0.1) is 0 Å². The molecule has 0 spiro atoms. The van der Waals surface area contributed by atoms with Gasteiger partial charge in [-0.05, 0) is 30.3 Å². The highest BCUT2D eigenvalue weighted by Crippen LogP contribution is 2.22. The number of nitrogens with one attached hydrogen (secondary N) is 1. The van der Waals surface area contributed by atoms with Crippen molar-refractivity contribution in [3.63, 3.8) is 0 Å². The monoisotopic (exact) mass is 394 g/mol. The standard InChI is InChI=1S/C20H15ClN4O3/c1-22-19(26)18-14-4-2-3-5-15(14)20(27)25(24-18)11-17-23-10-16(28-17)12-6-8-13(21)9-7-12/h2-10H,11H2,1H3,(H,22,26). The summed E-state index contributed by atoms with van der Waals surface area (Å²) in [6, 6.07) is 14.0. The molecule has 1 amide bonds. The van der Waals surface area contributed by atoms with Crippen LogP contribution < -0.4 is 10.9 Å². The summed E-state index contributed by atoms with van der Waals surface area (Å²) in [7, 11) is 1.51. The Balaban J connectivity index is 1.74. The molecule has 0 fully saturated rings. The second-order valence-electron chi connectivity index (χ2n) is 6.06. The molecule has 0 atom stereocenters. The summed E-state index contributed by atoms with van der Waals surface area (Å²) in [6.45, 7) is 0.00124. The first kappa shape index (κ1) is 17.9. The fraction of sp³-hybridized carbons (Fsp3) is 0.100. The van der Waals surface area contributed by atoms with Gasteiger partial charge in [-0.25, -0.2) is 9.67 Å². The number of carbonyl (C=O) groups excluding carboxylic acids is 1. The Morgan fingerprint density at radius 2 is 1.86 bits per heavy atom. The maximum Gasteiger partial charge on any atom is 0.275 e. The van der Waals surface area contributed by atoms with Crippen molar-refractivity contribution in [1.82, 2.24) is 20.1 Å². The first-order valence-electron chi connectivity index (χ1n) is 8.49. The summed E-state index contributed by atoms with van der Waals surface area (Å²) >= 11 is 5.90. The molecule has 2 aromatic heterocycles. The molecule has 28 heavy (non-hydrogen) atoms. The number of oxazole rings is 1. The summed E-state index contributed by atoms with van der Waals surface area (Å²) in [5.74, 6) is 0.476. The minimum atomic E-state index is -0.376. The highest BCUT2D eigenvalue weighted by atomic mass is 35.5. The first-order valence-corrected chi connectivity index (χ1v) is 8.87. The van der Waals surface area contributed by atoms with Crippen molar-refractivity contribution in [2.24, 2.45) is 0 Å². The molecule has 0 bridgehead atoms. The lowest BCUT2D eigenvalue weighted by molar-refractivity contribution is 0.0957. The van der Waals surface area contributed by atoms with Crippen molar-refractivity contribution in [2.45, 2.75) is 6.54 Å². The van der Waals surface area contributed by atoms with Crippen molar-refractivity contribution in [2.75, 3.05) is 7.05 Å². The van der Waals surface area contributed by atoms with Gasteiger partial charge in [-0.15, -0.1) is 0 Å². The van der Waals surface area contributed by atoms with Gasteiger partial charge in [0.2, 0.25) is 5.89 Å². The van der Waals surface area contributed by atoms with E-state index in [-0.39, 0.29) is 23.7 Å². The van der Waals surface area contributed by atoms with Gasteiger partial charge < -0.3 is 9.73 Å². The number of fused-ring (bicyclic) bond motifs is 1. The number of carbonyl (C=O) groups is 1. The van der Waals surface area contributed by atoms with Crippen molar-refractivity contribution < 1.29 is 9.21 Å². The molecule has 2 aromatic carbocycles. The fourth-order valence-electron chi connectivity index (χ4n) is 2.89. The molecule has 7 nitrogen and oxygen atoms in total. The van der Waals surface area contributed by atoms with Crippen LogP contribution in [0.1, 0.15) is 16.4 Å². The van der Waals surface area contributed by atoms with E-state index < -0.39 is 0 Å². The highest BCUT2D eigenvalue weighted by molar-refractivity contribution is 6.30. The number of hydrogen-bond donors (Lipinski definition) is 1. The molecule has 2 heterocycles. The normalized spacial score (nSPS) is 10.9. The Kier molecular flexibility index (Phi) is 4.67. The average molecular weight is 395 g/mol. The summed E-state index contributed by atoms with van der Waals surface area (Å²) in [4.78, 5) is 29.2. The second-order valence-corrected chi connectivity index (χ2v) is 6.50. The van der Waals surface area contributed by atoms with Gasteiger partial charge in [-0.1, -0.05) is 29.8 Å². The third kappa shape index (κ3) is 3.27. The molecule has 8 heteroatoms. The van der Waals surface area contributed by atoms with E-state index in [1.807, 2.05) is 12.1 Å². The van der Waals surface area contributed by atoms with Gasteiger partial charge in [0.05, 0.1) is 11.6 Å². The lowest BCUT2D eigenvalue weighted by Gasteiger charge is -2.08. The number of rotatable bonds is 4. The predicted octanol–water partition coefficient (Wildman–Crippen LogP) is 3.11. The number of benzene rings is 2. The van der Waals surface area contributed by atoms with Gasteiger partial charge >= 0.3 is 0 Å². The van der Waals surface area contributed by atoms with Crippen molar-refractivity contribution in [3.8, 4) is 11.3 Å². The van der Waals surface area contributed by atoms with Crippen LogP contribution in [-0.4, -0.2) is 27.7 Å². The van der Waals surface area contributed by atoms with Crippen LogP contribution in [0.5, 0.6) is 0 Å². The lowest BCUT2D eigenvalue weighted by Crippen LogP contribution is -2.29. The van der Waals surface area contributed by atoms with E-state index in [0.717, 1.165) is 5.56 Å². The maximum atomic E-state index is 12.8. The first-order chi connectivity index (χ1) is 13.6. The molecule has 1 N–H and O–H groups in total. The number of aromatic nitrogens is 3. The third-order valence-corrected chi connectivity index (χ3v) is 4.53. The van der Waals surface area contributed by atoms with E-state index in [9.17, 15) is 9.59 Å². The van der Waals surface area contributed by atoms with E-state index in [1.54, 1.807) is 42.6 Å². The van der Waals surface area contributed by atoms with Gasteiger partial charge in [0, 0.05) is 23.0 Å². The van der Waals surface area contributed by atoms with Gasteiger partial charge in [-0.3, -0.25) is 9.59 Å². The zero-order valence-electron chi connectivity index (χ0n) is 14.8. The summed E-state index contributed by atoms with van der Waals surface area (Å²) in [6.07, 6.45) is 1.57. The number of amides is 1. The van der Waals surface area contributed by atoms with E-state index in [0.29, 0.717) is 27.4 Å². The Hall–Kier alpha value is -3.45. The Morgan fingerprint density at radius 3 is 2.57 bits per heavy atom. The predicted molar refractivity (Wildman–Crippen MR) is 105 cm³/mol. The molecule has 0 aliphatic heterocycles. The van der Waals surface area contributed by atoms with Gasteiger partial charge in [0.25, 0.3) is 11.5 Å². The van der Waals surface area contributed by atoms with Gasteiger partial charge in [0.15, 0.2) is 11.5 Å².